The highest BCUT2D eigenvalue weighted by Crippen LogP contribution is 2.61. The van der Waals surface area contributed by atoms with E-state index in [9.17, 15) is 14.3 Å². The van der Waals surface area contributed by atoms with E-state index >= 15 is 0 Å². The smallest absolute Gasteiger partial charge is 0.261 e. The van der Waals surface area contributed by atoms with Crippen molar-refractivity contribution in [2.45, 2.75) is 72.0 Å². The topological polar surface area (TPSA) is 82.8 Å². The zero-order valence-electron chi connectivity index (χ0n) is 24.9. The number of nitrogens with one attached hydrogen (secondary N) is 1. The molecule has 3 saturated carbocycles. The van der Waals surface area contributed by atoms with Crippen LogP contribution in [0.1, 0.15) is 52.5 Å². The van der Waals surface area contributed by atoms with Crippen LogP contribution in [0.5, 0.6) is 0 Å². The number of aliphatic hydroxyl groups is 1. The van der Waals surface area contributed by atoms with Gasteiger partial charge in [0.1, 0.15) is 5.82 Å². The standard InChI is InChI=1S/C33H41ClFN5O2/c1-19-9-12-40(30(19)17-41)32(38-28-14-22-13-26(20(28)2)33(22,3)4)37-24-7-8-25-29(16-24)36-18-39(31(25)42)11-10-21-5-6-23(34)15-27(21)35/h5-8,15-16,18-20,22,26,28,30,41H,9-14,17H2,1-4H3,(H,37,38)/t19-,20-,22-,26+,28?,30+/m0/s1. The Kier molecular flexibility index (Phi) is 7.81. The van der Waals surface area contributed by atoms with Gasteiger partial charge in [0.15, 0.2) is 5.96 Å². The number of anilines is 1. The molecule has 6 atom stereocenters. The summed E-state index contributed by atoms with van der Waals surface area (Å²) in [5.41, 5.74) is 2.11. The van der Waals surface area contributed by atoms with Crippen LogP contribution in [-0.4, -0.2) is 50.8 Å². The van der Waals surface area contributed by atoms with E-state index in [4.69, 9.17) is 16.6 Å². The minimum Gasteiger partial charge on any atom is -0.394 e. The lowest BCUT2D eigenvalue weighted by Crippen LogP contribution is -2.56. The van der Waals surface area contributed by atoms with Crippen LogP contribution in [0.3, 0.4) is 0 Å². The molecular weight excluding hydrogens is 553 g/mol. The van der Waals surface area contributed by atoms with Gasteiger partial charge in [-0.15, -0.1) is 0 Å². The van der Waals surface area contributed by atoms with Gasteiger partial charge in [-0.05, 0) is 90.7 Å². The van der Waals surface area contributed by atoms with Crippen LogP contribution in [0, 0.1) is 34.9 Å². The molecule has 1 saturated heterocycles. The van der Waals surface area contributed by atoms with E-state index in [-0.39, 0.29) is 30.1 Å². The third-order valence-corrected chi connectivity index (χ3v) is 10.9. The fraction of sp³-hybridized carbons (Fsp3) is 0.545. The molecule has 1 unspecified atom stereocenters. The Bertz CT molecular complexity index is 1570. The van der Waals surface area contributed by atoms with Crippen molar-refractivity contribution in [3.8, 4) is 0 Å². The molecule has 42 heavy (non-hydrogen) atoms. The summed E-state index contributed by atoms with van der Waals surface area (Å²) in [6, 6.07) is 10.4. The normalized spacial score (nSPS) is 28.6. The minimum absolute atomic E-state index is 0.0115. The van der Waals surface area contributed by atoms with Crippen molar-refractivity contribution in [2.24, 2.45) is 34.1 Å². The van der Waals surface area contributed by atoms with E-state index in [1.165, 1.54) is 23.4 Å². The van der Waals surface area contributed by atoms with Crippen molar-refractivity contribution < 1.29 is 9.50 Å². The van der Waals surface area contributed by atoms with Gasteiger partial charge < -0.3 is 15.3 Å². The number of likely N-dealkylation sites (tertiary alicyclic amines) is 1. The number of aliphatic imine (C=N–C) groups is 1. The van der Waals surface area contributed by atoms with Gasteiger partial charge in [-0.1, -0.05) is 45.4 Å². The number of halogens is 2. The number of aromatic nitrogens is 2. The third kappa shape index (κ3) is 5.21. The van der Waals surface area contributed by atoms with Crippen LogP contribution in [0.15, 0.2) is 52.5 Å². The van der Waals surface area contributed by atoms with E-state index in [1.54, 1.807) is 18.2 Å². The van der Waals surface area contributed by atoms with Gasteiger partial charge >= 0.3 is 0 Å². The predicted octanol–water partition coefficient (Wildman–Crippen LogP) is 5.97. The highest BCUT2D eigenvalue weighted by Gasteiger charge is 2.56. The predicted molar refractivity (Wildman–Crippen MR) is 166 cm³/mol. The molecule has 2 N–H and O–H groups in total. The molecule has 1 aromatic heterocycles. The van der Waals surface area contributed by atoms with E-state index in [2.05, 4.69) is 42.9 Å². The highest BCUT2D eigenvalue weighted by atomic mass is 35.5. The summed E-state index contributed by atoms with van der Waals surface area (Å²) in [5, 5.41) is 14.7. The second-order valence-electron chi connectivity index (χ2n) is 13.3. The van der Waals surface area contributed by atoms with Crippen LogP contribution in [0.4, 0.5) is 10.1 Å². The van der Waals surface area contributed by atoms with Gasteiger partial charge in [0, 0.05) is 23.8 Å². The fourth-order valence-electron chi connectivity index (χ4n) is 7.67. The molecule has 7 nitrogen and oxygen atoms in total. The lowest BCUT2D eigenvalue weighted by atomic mass is 9.45. The summed E-state index contributed by atoms with van der Waals surface area (Å²) in [5.74, 6) is 2.66. The van der Waals surface area contributed by atoms with Crippen LogP contribution < -0.4 is 10.9 Å². The summed E-state index contributed by atoms with van der Waals surface area (Å²) in [6.07, 6.45) is 5.27. The van der Waals surface area contributed by atoms with Crippen molar-refractivity contribution in [1.82, 2.24) is 14.5 Å². The van der Waals surface area contributed by atoms with Gasteiger partial charge in [-0.25, -0.2) is 14.4 Å². The zero-order chi connectivity index (χ0) is 29.8. The maximum Gasteiger partial charge on any atom is 0.261 e. The number of hydrogen-bond donors (Lipinski definition) is 2. The number of fused-ring (bicyclic) bond motifs is 3. The van der Waals surface area contributed by atoms with Crippen LogP contribution in [0.25, 0.3) is 10.9 Å². The number of aryl methyl sites for hydroxylation is 2. The first-order chi connectivity index (χ1) is 20.1. The summed E-state index contributed by atoms with van der Waals surface area (Å²) in [4.78, 5) is 25.4. The third-order valence-electron chi connectivity index (χ3n) is 10.7. The largest absolute Gasteiger partial charge is 0.394 e. The van der Waals surface area contributed by atoms with Crippen molar-refractivity contribution in [2.75, 3.05) is 18.5 Å². The minimum atomic E-state index is -0.378. The van der Waals surface area contributed by atoms with Gasteiger partial charge in [0.05, 0.1) is 35.9 Å². The van der Waals surface area contributed by atoms with E-state index in [0.29, 0.717) is 63.5 Å². The Labute approximate surface area is 251 Å². The molecule has 2 heterocycles. The van der Waals surface area contributed by atoms with Gasteiger partial charge in [-0.2, -0.15) is 0 Å². The number of nitrogens with zero attached hydrogens (tertiary/aromatic N) is 4. The molecule has 224 valence electrons. The number of guanidine groups is 1. The average Bonchev–Trinajstić information content (AvgIpc) is 3.34. The van der Waals surface area contributed by atoms with Gasteiger partial charge in [0.2, 0.25) is 0 Å². The Morgan fingerprint density at radius 1 is 1.21 bits per heavy atom. The van der Waals surface area contributed by atoms with Crippen molar-refractivity contribution in [3.05, 3.63) is 69.5 Å². The summed E-state index contributed by atoms with van der Waals surface area (Å²) in [6.45, 7) is 10.6. The maximum atomic E-state index is 14.2. The van der Waals surface area contributed by atoms with E-state index in [1.807, 2.05) is 12.1 Å². The average molecular weight is 594 g/mol. The SMILES string of the molecule is C[C@@H]1C(/N=C(/Nc2ccc3c(=O)n(CCc4ccc(Cl)cc4F)cnc3c2)N2CC[C@H](C)[C@H]2CO)C[C@@H]2C[C@H]1C2(C)C. The number of hydrogen-bond acceptors (Lipinski definition) is 4. The molecule has 0 spiro atoms. The Morgan fingerprint density at radius 2 is 2.02 bits per heavy atom. The van der Waals surface area contributed by atoms with Crippen LogP contribution in [0.2, 0.25) is 5.02 Å². The Hall–Kier alpha value is -2.97. The maximum absolute atomic E-state index is 14.2. The molecule has 0 amide bonds. The molecule has 2 bridgehead atoms. The van der Waals surface area contributed by atoms with Gasteiger partial charge in [-0.3, -0.25) is 9.36 Å². The second kappa shape index (κ2) is 11.3. The molecule has 3 aliphatic carbocycles. The van der Waals surface area contributed by atoms with Crippen molar-refractivity contribution in [3.63, 3.8) is 0 Å². The first-order valence-corrected chi connectivity index (χ1v) is 15.6. The lowest BCUT2D eigenvalue weighted by molar-refractivity contribution is -0.108. The monoisotopic (exact) mass is 593 g/mol. The summed E-state index contributed by atoms with van der Waals surface area (Å²) < 4.78 is 15.8. The van der Waals surface area contributed by atoms with E-state index < -0.39 is 0 Å². The molecule has 0 radical (unpaired) electrons. The van der Waals surface area contributed by atoms with Crippen molar-refractivity contribution in [1.29, 1.82) is 0 Å². The number of rotatable bonds is 6. The first kappa shape index (κ1) is 29.1. The van der Waals surface area contributed by atoms with E-state index in [0.717, 1.165) is 31.0 Å². The molecule has 7 rings (SSSR count). The van der Waals surface area contributed by atoms with Gasteiger partial charge in [0.25, 0.3) is 5.56 Å². The molecule has 4 aliphatic rings. The molecule has 1 aliphatic heterocycles. The van der Waals surface area contributed by atoms with Crippen molar-refractivity contribution >= 4 is 34.2 Å². The molecule has 3 aromatic rings. The highest BCUT2D eigenvalue weighted by molar-refractivity contribution is 6.30. The Morgan fingerprint density at radius 3 is 2.74 bits per heavy atom. The lowest BCUT2D eigenvalue weighted by Gasteiger charge is -2.61. The zero-order valence-corrected chi connectivity index (χ0v) is 25.6. The Balaban J connectivity index is 1.25. The van der Waals surface area contributed by atoms with Crippen LogP contribution in [-0.2, 0) is 13.0 Å². The van der Waals surface area contributed by atoms with Crippen LogP contribution >= 0.6 is 11.6 Å². The number of benzene rings is 2. The number of aliphatic hydroxyl groups excluding tert-OH is 1. The molecule has 9 heteroatoms. The fourth-order valence-corrected chi connectivity index (χ4v) is 7.83. The second-order valence-corrected chi connectivity index (χ2v) is 13.7. The summed E-state index contributed by atoms with van der Waals surface area (Å²) >= 11 is 5.87. The molecular formula is C33H41ClFN5O2. The first-order valence-electron chi connectivity index (χ1n) is 15.2. The summed E-state index contributed by atoms with van der Waals surface area (Å²) in [7, 11) is 0. The molecule has 2 aromatic carbocycles. The quantitative estimate of drug-likeness (QED) is 0.272. The molecule has 4 fully saturated rings.